The van der Waals surface area contributed by atoms with Gasteiger partial charge >= 0.3 is 5.97 Å². The number of esters is 1. The third kappa shape index (κ3) is 6.07. The second kappa shape index (κ2) is 9.76. The minimum absolute atomic E-state index is 0.146. The molecule has 0 saturated heterocycles. The molecule has 3 nitrogen and oxygen atoms in total. The normalized spacial score (nSPS) is 10.4. The van der Waals surface area contributed by atoms with Crippen LogP contribution in [-0.4, -0.2) is 25.7 Å². The number of carbonyl (C=O) groups is 1. The quantitative estimate of drug-likeness (QED) is 0.506. The molecule has 0 heterocycles. The van der Waals surface area contributed by atoms with Crippen molar-refractivity contribution in [3.63, 3.8) is 0 Å². The Labute approximate surface area is 145 Å². The fourth-order valence-electron chi connectivity index (χ4n) is 2.70. The van der Waals surface area contributed by atoms with Gasteiger partial charge < -0.3 is 9.64 Å². The molecule has 0 atom stereocenters. The molecular weight excluding hydrogens is 298 g/mol. The molecule has 0 aliphatic heterocycles. The summed E-state index contributed by atoms with van der Waals surface area (Å²) in [5, 5.41) is 0. The number of aryl methyl sites for hydroxylation is 1. The van der Waals surface area contributed by atoms with Gasteiger partial charge in [-0.1, -0.05) is 42.5 Å². The van der Waals surface area contributed by atoms with Crippen LogP contribution < -0.4 is 4.90 Å². The lowest BCUT2D eigenvalue weighted by molar-refractivity contribution is -0.142. The largest absolute Gasteiger partial charge is 0.465 e. The Balaban J connectivity index is 1.66. The Kier molecular flexibility index (Phi) is 7.34. The van der Waals surface area contributed by atoms with E-state index in [9.17, 15) is 4.79 Å². The van der Waals surface area contributed by atoms with Crippen LogP contribution in [0, 0.1) is 6.92 Å². The summed E-state index contributed by atoms with van der Waals surface area (Å²) in [4.78, 5) is 14.2. The summed E-state index contributed by atoms with van der Waals surface area (Å²) in [6.07, 6.45) is 2.26. The van der Waals surface area contributed by atoms with Gasteiger partial charge in [0.25, 0.3) is 0 Å². The monoisotopic (exact) mass is 325 g/mol. The minimum atomic E-state index is -0.146. The lowest BCUT2D eigenvalue weighted by Gasteiger charge is -2.23. The van der Waals surface area contributed by atoms with Crippen molar-refractivity contribution in [1.29, 1.82) is 0 Å². The molecule has 3 heteroatoms. The van der Waals surface area contributed by atoms with Crippen molar-refractivity contribution in [2.75, 3.05) is 24.6 Å². The van der Waals surface area contributed by atoms with E-state index in [4.69, 9.17) is 4.74 Å². The number of benzene rings is 2. The van der Waals surface area contributed by atoms with Crippen LogP contribution in [0.3, 0.4) is 0 Å². The lowest BCUT2D eigenvalue weighted by Crippen LogP contribution is -2.24. The topological polar surface area (TPSA) is 29.5 Å². The highest BCUT2D eigenvalue weighted by Crippen LogP contribution is 2.16. The first kappa shape index (κ1) is 18.1. The van der Waals surface area contributed by atoms with E-state index < -0.39 is 0 Å². The first-order valence-corrected chi connectivity index (χ1v) is 8.70. The number of ether oxygens (including phenoxy) is 1. The highest BCUT2D eigenvalue weighted by molar-refractivity contribution is 5.72. The van der Waals surface area contributed by atoms with E-state index in [1.807, 2.05) is 30.3 Å². The predicted molar refractivity (Wildman–Crippen MR) is 99.4 cm³/mol. The number of hydrogen-bond donors (Lipinski definition) is 0. The summed E-state index contributed by atoms with van der Waals surface area (Å²) >= 11 is 0. The average molecular weight is 325 g/mol. The van der Waals surface area contributed by atoms with Gasteiger partial charge in [0.1, 0.15) is 0 Å². The SMILES string of the molecule is CCN(CCCCOC(=O)Cc1ccccc1)c1cccc(C)c1. The van der Waals surface area contributed by atoms with Crippen LogP contribution in [-0.2, 0) is 16.0 Å². The first-order valence-electron chi connectivity index (χ1n) is 8.70. The van der Waals surface area contributed by atoms with Crippen LogP contribution >= 0.6 is 0 Å². The van der Waals surface area contributed by atoms with Gasteiger partial charge in [0.05, 0.1) is 13.0 Å². The van der Waals surface area contributed by atoms with Crippen molar-refractivity contribution in [3.05, 3.63) is 65.7 Å². The van der Waals surface area contributed by atoms with E-state index in [0.29, 0.717) is 13.0 Å². The van der Waals surface area contributed by atoms with Gasteiger partial charge in [-0.2, -0.15) is 0 Å². The van der Waals surface area contributed by atoms with Gasteiger partial charge in [0.15, 0.2) is 0 Å². The lowest BCUT2D eigenvalue weighted by atomic mass is 10.1. The molecule has 0 bridgehead atoms. The van der Waals surface area contributed by atoms with E-state index >= 15 is 0 Å². The van der Waals surface area contributed by atoms with Gasteiger partial charge in [-0.15, -0.1) is 0 Å². The second-order valence-electron chi connectivity index (χ2n) is 6.01. The molecular formula is C21H27NO2. The van der Waals surface area contributed by atoms with Crippen molar-refractivity contribution in [3.8, 4) is 0 Å². The number of rotatable bonds is 9. The molecule has 2 aromatic carbocycles. The molecule has 24 heavy (non-hydrogen) atoms. The Morgan fingerprint density at radius 1 is 1.04 bits per heavy atom. The molecule has 0 spiro atoms. The third-order valence-electron chi connectivity index (χ3n) is 4.03. The minimum Gasteiger partial charge on any atom is -0.465 e. The van der Waals surface area contributed by atoms with Crippen molar-refractivity contribution in [2.24, 2.45) is 0 Å². The van der Waals surface area contributed by atoms with Crippen LogP contribution in [0.1, 0.15) is 30.9 Å². The zero-order valence-electron chi connectivity index (χ0n) is 14.7. The highest BCUT2D eigenvalue weighted by atomic mass is 16.5. The molecule has 0 aliphatic carbocycles. The number of hydrogen-bond acceptors (Lipinski definition) is 3. The van der Waals surface area contributed by atoms with Crippen LogP contribution in [0.4, 0.5) is 5.69 Å². The van der Waals surface area contributed by atoms with Crippen molar-refractivity contribution >= 4 is 11.7 Å². The standard InChI is InChI=1S/C21H27NO2/c1-3-22(20-13-9-10-18(2)16-20)14-7-8-15-24-21(23)17-19-11-5-4-6-12-19/h4-6,9-13,16H,3,7-8,14-15,17H2,1-2H3. The molecule has 0 fully saturated rings. The summed E-state index contributed by atoms with van der Waals surface area (Å²) in [6.45, 7) is 6.75. The number of anilines is 1. The van der Waals surface area contributed by atoms with Crippen LogP contribution in [0.25, 0.3) is 0 Å². The zero-order valence-corrected chi connectivity index (χ0v) is 14.7. The number of nitrogens with zero attached hydrogens (tertiary/aromatic N) is 1. The average Bonchev–Trinajstić information content (AvgIpc) is 2.59. The summed E-state index contributed by atoms with van der Waals surface area (Å²) < 4.78 is 5.33. The van der Waals surface area contributed by atoms with Gasteiger partial charge in [0.2, 0.25) is 0 Å². The maximum Gasteiger partial charge on any atom is 0.310 e. The molecule has 128 valence electrons. The molecule has 2 aromatic rings. The van der Waals surface area contributed by atoms with Gasteiger partial charge in [-0.05, 0) is 49.9 Å². The Morgan fingerprint density at radius 3 is 2.54 bits per heavy atom. The van der Waals surface area contributed by atoms with Crippen molar-refractivity contribution in [1.82, 2.24) is 0 Å². The van der Waals surface area contributed by atoms with Crippen LogP contribution in [0.2, 0.25) is 0 Å². The smallest absolute Gasteiger partial charge is 0.310 e. The maximum atomic E-state index is 11.8. The molecule has 0 radical (unpaired) electrons. The second-order valence-corrected chi connectivity index (χ2v) is 6.01. The molecule has 0 aromatic heterocycles. The Hall–Kier alpha value is -2.29. The first-order chi connectivity index (χ1) is 11.7. The van der Waals surface area contributed by atoms with Crippen LogP contribution in [0.15, 0.2) is 54.6 Å². The predicted octanol–water partition coefficient (Wildman–Crippen LogP) is 4.39. The van der Waals surface area contributed by atoms with Crippen molar-refractivity contribution < 1.29 is 9.53 Å². The molecule has 0 saturated carbocycles. The Bertz CT molecular complexity index is 625. The van der Waals surface area contributed by atoms with Gasteiger partial charge in [-0.3, -0.25) is 4.79 Å². The van der Waals surface area contributed by atoms with E-state index in [1.165, 1.54) is 11.3 Å². The van der Waals surface area contributed by atoms with E-state index in [1.54, 1.807) is 0 Å². The summed E-state index contributed by atoms with van der Waals surface area (Å²) in [7, 11) is 0. The fourth-order valence-corrected chi connectivity index (χ4v) is 2.70. The summed E-state index contributed by atoms with van der Waals surface area (Å²) in [5.74, 6) is -0.146. The summed E-state index contributed by atoms with van der Waals surface area (Å²) in [6, 6.07) is 18.3. The maximum absolute atomic E-state index is 11.8. The zero-order chi connectivity index (χ0) is 17.2. The number of carbonyl (C=O) groups excluding carboxylic acids is 1. The van der Waals surface area contributed by atoms with Gasteiger partial charge in [-0.25, -0.2) is 0 Å². The molecule has 2 rings (SSSR count). The number of unbranched alkanes of at least 4 members (excludes halogenated alkanes) is 1. The fraction of sp³-hybridized carbons (Fsp3) is 0.381. The van der Waals surface area contributed by atoms with E-state index in [0.717, 1.165) is 31.5 Å². The van der Waals surface area contributed by atoms with E-state index in [2.05, 4.69) is 43.0 Å². The molecule has 0 amide bonds. The Morgan fingerprint density at radius 2 is 1.83 bits per heavy atom. The molecule has 0 unspecified atom stereocenters. The summed E-state index contributed by atoms with van der Waals surface area (Å²) in [5.41, 5.74) is 3.54. The van der Waals surface area contributed by atoms with Crippen molar-refractivity contribution in [2.45, 2.75) is 33.1 Å². The molecule has 0 aliphatic rings. The highest BCUT2D eigenvalue weighted by Gasteiger charge is 2.06. The van der Waals surface area contributed by atoms with E-state index in [-0.39, 0.29) is 5.97 Å². The molecule has 0 N–H and O–H groups in total. The van der Waals surface area contributed by atoms with Crippen LogP contribution in [0.5, 0.6) is 0 Å². The van der Waals surface area contributed by atoms with Gasteiger partial charge in [0, 0.05) is 18.8 Å². The third-order valence-corrected chi connectivity index (χ3v) is 4.03.